The van der Waals surface area contributed by atoms with Gasteiger partial charge in [0, 0.05) is 4.47 Å². The molecule has 1 amide bonds. The van der Waals surface area contributed by atoms with Gasteiger partial charge in [-0.05, 0) is 40.5 Å². The number of aryl methyl sites for hydroxylation is 1. The number of benzene rings is 1. The van der Waals surface area contributed by atoms with Crippen molar-refractivity contribution in [1.82, 2.24) is 0 Å². The second kappa shape index (κ2) is 4.39. The Morgan fingerprint density at radius 2 is 2.31 bits per heavy atom. The number of halogens is 1. The van der Waals surface area contributed by atoms with Crippen LogP contribution in [-0.2, 0) is 4.79 Å². The van der Waals surface area contributed by atoms with E-state index >= 15 is 0 Å². The van der Waals surface area contributed by atoms with Crippen LogP contribution in [-0.4, -0.2) is 12.5 Å². The van der Waals surface area contributed by atoms with Gasteiger partial charge in [0.25, 0.3) is 0 Å². The van der Waals surface area contributed by atoms with Crippen molar-refractivity contribution >= 4 is 27.5 Å². The quantitative estimate of drug-likeness (QED) is 0.829. The molecule has 3 nitrogen and oxygen atoms in total. The second-order valence-corrected chi connectivity index (χ2v) is 3.59. The molecule has 0 aromatic heterocycles. The van der Waals surface area contributed by atoms with Crippen LogP contribution in [0.4, 0.5) is 5.69 Å². The average molecular weight is 243 g/mol. The molecule has 0 heterocycles. The molecule has 0 saturated heterocycles. The number of amides is 1. The van der Waals surface area contributed by atoms with Gasteiger partial charge in [-0.1, -0.05) is 6.07 Å². The van der Waals surface area contributed by atoms with Crippen LogP contribution in [0.5, 0.6) is 0 Å². The van der Waals surface area contributed by atoms with E-state index in [2.05, 4.69) is 21.2 Å². The van der Waals surface area contributed by atoms with Crippen LogP contribution in [0.25, 0.3) is 0 Å². The van der Waals surface area contributed by atoms with E-state index in [9.17, 15) is 4.79 Å². The third-order valence-electron chi connectivity index (χ3n) is 1.58. The minimum atomic E-state index is -0.189. The second-order valence-electron chi connectivity index (χ2n) is 2.74. The molecule has 0 unspecified atom stereocenters. The molecule has 0 saturated carbocycles. The molecular formula is C9H11BrN2O. The predicted molar refractivity (Wildman–Crippen MR) is 56.6 cm³/mol. The number of hydrogen-bond acceptors (Lipinski definition) is 2. The smallest absolute Gasteiger partial charge is 0.238 e. The maximum absolute atomic E-state index is 11.0. The Bertz CT molecular complexity index is 325. The molecule has 0 bridgehead atoms. The van der Waals surface area contributed by atoms with Gasteiger partial charge < -0.3 is 11.1 Å². The molecule has 0 aliphatic heterocycles. The monoisotopic (exact) mass is 242 g/mol. The zero-order valence-electron chi connectivity index (χ0n) is 7.30. The van der Waals surface area contributed by atoms with Crippen LogP contribution in [0.1, 0.15) is 5.56 Å². The normalized spacial score (nSPS) is 9.77. The molecular weight excluding hydrogens is 232 g/mol. The van der Waals surface area contributed by atoms with E-state index in [4.69, 9.17) is 5.73 Å². The van der Waals surface area contributed by atoms with Crippen LogP contribution in [0.15, 0.2) is 22.7 Å². The average Bonchev–Trinajstić information content (AvgIpc) is 2.11. The van der Waals surface area contributed by atoms with E-state index in [1.54, 1.807) is 0 Å². The Hall–Kier alpha value is -0.870. The summed E-state index contributed by atoms with van der Waals surface area (Å²) in [5, 5.41) is 2.69. The minimum absolute atomic E-state index is 0.000379. The van der Waals surface area contributed by atoms with E-state index in [1.807, 2.05) is 25.1 Å². The number of carbonyl (C=O) groups excluding carboxylic acids is 1. The van der Waals surface area contributed by atoms with Gasteiger partial charge in [0.05, 0.1) is 12.2 Å². The third-order valence-corrected chi connectivity index (χ3v) is 2.27. The Balaban J connectivity index is 2.87. The highest BCUT2D eigenvalue weighted by molar-refractivity contribution is 9.10. The van der Waals surface area contributed by atoms with Gasteiger partial charge >= 0.3 is 0 Å². The van der Waals surface area contributed by atoms with Gasteiger partial charge in [0.15, 0.2) is 0 Å². The van der Waals surface area contributed by atoms with Crippen LogP contribution in [0.2, 0.25) is 0 Å². The summed E-state index contributed by atoms with van der Waals surface area (Å²) in [5.41, 5.74) is 7.03. The first kappa shape index (κ1) is 10.2. The van der Waals surface area contributed by atoms with Crippen molar-refractivity contribution in [3.63, 3.8) is 0 Å². The lowest BCUT2D eigenvalue weighted by Crippen LogP contribution is -2.22. The number of hydrogen-bond donors (Lipinski definition) is 2. The Labute approximate surface area is 85.4 Å². The molecule has 0 atom stereocenters. The van der Waals surface area contributed by atoms with Crippen molar-refractivity contribution in [3.8, 4) is 0 Å². The van der Waals surface area contributed by atoms with Crippen LogP contribution < -0.4 is 11.1 Å². The lowest BCUT2D eigenvalue weighted by Gasteiger charge is -2.06. The molecule has 1 aromatic carbocycles. The lowest BCUT2D eigenvalue weighted by atomic mass is 10.2. The zero-order valence-corrected chi connectivity index (χ0v) is 8.89. The highest BCUT2D eigenvalue weighted by Gasteiger charge is 2.02. The van der Waals surface area contributed by atoms with Gasteiger partial charge in [-0.2, -0.15) is 0 Å². The first-order chi connectivity index (χ1) is 6.13. The van der Waals surface area contributed by atoms with Crippen LogP contribution in [0, 0.1) is 6.92 Å². The first-order valence-corrected chi connectivity index (χ1v) is 4.69. The SMILES string of the molecule is Cc1ccc(Br)c(NC(=O)CN)c1. The Kier molecular flexibility index (Phi) is 3.45. The van der Waals surface area contributed by atoms with Gasteiger partial charge in [0.2, 0.25) is 5.91 Å². The summed E-state index contributed by atoms with van der Waals surface area (Å²) < 4.78 is 0.861. The summed E-state index contributed by atoms with van der Waals surface area (Å²) in [6.07, 6.45) is 0. The van der Waals surface area contributed by atoms with Crippen molar-refractivity contribution < 1.29 is 4.79 Å². The maximum Gasteiger partial charge on any atom is 0.238 e. The van der Waals surface area contributed by atoms with Gasteiger partial charge in [-0.15, -0.1) is 0 Å². The molecule has 1 aromatic rings. The molecule has 4 heteroatoms. The molecule has 0 radical (unpaired) electrons. The molecule has 13 heavy (non-hydrogen) atoms. The fraction of sp³-hybridized carbons (Fsp3) is 0.222. The minimum Gasteiger partial charge on any atom is -0.324 e. The van der Waals surface area contributed by atoms with E-state index in [0.717, 1.165) is 15.7 Å². The maximum atomic E-state index is 11.0. The number of rotatable bonds is 2. The molecule has 0 spiro atoms. The standard InChI is InChI=1S/C9H11BrN2O/c1-6-2-3-7(10)8(4-6)12-9(13)5-11/h2-4H,5,11H2,1H3,(H,12,13). The Morgan fingerprint density at radius 1 is 1.62 bits per heavy atom. The number of nitrogens with one attached hydrogen (secondary N) is 1. The molecule has 1 rings (SSSR count). The van der Waals surface area contributed by atoms with Crippen molar-refractivity contribution in [2.24, 2.45) is 5.73 Å². The van der Waals surface area contributed by atoms with Crippen molar-refractivity contribution in [1.29, 1.82) is 0 Å². The van der Waals surface area contributed by atoms with Gasteiger partial charge in [-0.25, -0.2) is 0 Å². The summed E-state index contributed by atoms with van der Waals surface area (Å²) in [6.45, 7) is 1.96. The highest BCUT2D eigenvalue weighted by atomic mass is 79.9. The summed E-state index contributed by atoms with van der Waals surface area (Å²) in [7, 11) is 0. The number of carbonyl (C=O) groups is 1. The summed E-state index contributed by atoms with van der Waals surface area (Å²) in [4.78, 5) is 11.0. The third kappa shape index (κ3) is 2.82. The van der Waals surface area contributed by atoms with E-state index < -0.39 is 0 Å². The van der Waals surface area contributed by atoms with Gasteiger partial charge in [0.1, 0.15) is 0 Å². The largest absolute Gasteiger partial charge is 0.324 e. The summed E-state index contributed by atoms with van der Waals surface area (Å²) in [6, 6.07) is 5.74. The topological polar surface area (TPSA) is 55.1 Å². The lowest BCUT2D eigenvalue weighted by molar-refractivity contribution is -0.114. The molecule has 0 aliphatic carbocycles. The molecule has 0 fully saturated rings. The number of nitrogens with two attached hydrogens (primary N) is 1. The summed E-state index contributed by atoms with van der Waals surface area (Å²) in [5.74, 6) is -0.189. The van der Waals surface area contributed by atoms with Crippen molar-refractivity contribution in [3.05, 3.63) is 28.2 Å². The van der Waals surface area contributed by atoms with Crippen molar-refractivity contribution in [2.75, 3.05) is 11.9 Å². The van der Waals surface area contributed by atoms with Gasteiger partial charge in [-0.3, -0.25) is 4.79 Å². The van der Waals surface area contributed by atoms with E-state index in [-0.39, 0.29) is 12.5 Å². The molecule has 70 valence electrons. The molecule has 0 aliphatic rings. The zero-order chi connectivity index (χ0) is 9.84. The highest BCUT2D eigenvalue weighted by Crippen LogP contribution is 2.22. The first-order valence-electron chi connectivity index (χ1n) is 3.89. The number of anilines is 1. The Morgan fingerprint density at radius 3 is 2.92 bits per heavy atom. The van der Waals surface area contributed by atoms with Crippen molar-refractivity contribution in [2.45, 2.75) is 6.92 Å². The van der Waals surface area contributed by atoms with Crippen LogP contribution >= 0.6 is 15.9 Å². The fourth-order valence-electron chi connectivity index (χ4n) is 0.936. The van der Waals surface area contributed by atoms with E-state index in [1.165, 1.54) is 0 Å². The van der Waals surface area contributed by atoms with Crippen LogP contribution in [0.3, 0.4) is 0 Å². The molecule has 3 N–H and O–H groups in total. The predicted octanol–water partition coefficient (Wildman–Crippen LogP) is 1.65. The van der Waals surface area contributed by atoms with E-state index in [0.29, 0.717) is 0 Å². The fourth-order valence-corrected chi connectivity index (χ4v) is 1.28. The summed E-state index contributed by atoms with van der Waals surface area (Å²) >= 11 is 3.33.